The Kier molecular flexibility index (Phi) is 1.85. The van der Waals surface area contributed by atoms with E-state index in [1.54, 1.807) is 0 Å². The van der Waals surface area contributed by atoms with Gasteiger partial charge in [0.25, 0.3) is 0 Å². The quantitative estimate of drug-likeness (QED) is 0.566. The number of hydrogen-bond acceptors (Lipinski definition) is 2. The Morgan fingerprint density at radius 2 is 2.09 bits per heavy atom. The minimum Gasteiger partial charge on any atom is -0.372 e. The normalized spacial score (nSPS) is 36.3. The van der Waals surface area contributed by atoms with Crippen LogP contribution in [0, 0.1) is 0 Å². The molecule has 1 N–H and O–H groups in total. The van der Waals surface area contributed by atoms with Crippen LogP contribution in [0.4, 0.5) is 4.39 Å². The Balaban J connectivity index is 2.06. The van der Waals surface area contributed by atoms with Gasteiger partial charge in [0, 0.05) is 6.42 Å². The Hall–Kier alpha value is -0.150. The highest BCUT2D eigenvalue weighted by molar-refractivity contribution is 4.96. The summed E-state index contributed by atoms with van der Waals surface area (Å²) < 4.78 is 18.8. The maximum atomic E-state index is 13.3. The first-order valence-electron chi connectivity index (χ1n) is 4.32. The van der Waals surface area contributed by atoms with Crippen molar-refractivity contribution in [2.75, 3.05) is 19.7 Å². The summed E-state index contributed by atoms with van der Waals surface area (Å²) in [5.74, 6) is 0. The van der Waals surface area contributed by atoms with Gasteiger partial charge in [0.2, 0.25) is 0 Å². The molecule has 1 atom stereocenters. The molecule has 3 heteroatoms. The van der Waals surface area contributed by atoms with E-state index in [1.807, 2.05) is 0 Å². The van der Waals surface area contributed by atoms with Crippen molar-refractivity contribution in [2.45, 2.75) is 31.0 Å². The molecule has 11 heavy (non-hydrogen) atoms. The molecule has 2 rings (SSSR count). The van der Waals surface area contributed by atoms with E-state index in [0.717, 1.165) is 25.9 Å². The van der Waals surface area contributed by atoms with Gasteiger partial charge in [-0.2, -0.15) is 0 Å². The standard InChI is InChI=1S/C8H14FNO/c9-7-1-6-11-8(7)2-4-10-5-3-8/h7,10H,1-6H2. The van der Waals surface area contributed by atoms with E-state index in [4.69, 9.17) is 4.74 Å². The van der Waals surface area contributed by atoms with Crippen LogP contribution in [0.3, 0.4) is 0 Å². The van der Waals surface area contributed by atoms with Crippen molar-refractivity contribution in [2.24, 2.45) is 0 Å². The summed E-state index contributed by atoms with van der Waals surface area (Å²) in [5.41, 5.74) is -0.398. The Bertz CT molecular complexity index is 145. The molecule has 0 aromatic heterocycles. The number of alkyl halides is 1. The molecule has 0 amide bonds. The number of halogens is 1. The maximum Gasteiger partial charge on any atom is 0.131 e. The van der Waals surface area contributed by atoms with Crippen LogP contribution in [0.2, 0.25) is 0 Å². The second-order valence-corrected chi connectivity index (χ2v) is 3.42. The third kappa shape index (κ3) is 1.16. The van der Waals surface area contributed by atoms with Crippen molar-refractivity contribution in [3.63, 3.8) is 0 Å². The minimum absolute atomic E-state index is 0.398. The van der Waals surface area contributed by atoms with Crippen LogP contribution in [0.25, 0.3) is 0 Å². The van der Waals surface area contributed by atoms with E-state index in [-0.39, 0.29) is 0 Å². The van der Waals surface area contributed by atoms with Gasteiger partial charge in [-0.1, -0.05) is 0 Å². The monoisotopic (exact) mass is 159 g/mol. The molecule has 0 aromatic carbocycles. The molecule has 0 aliphatic carbocycles. The predicted molar refractivity (Wildman–Crippen MR) is 40.3 cm³/mol. The molecule has 2 heterocycles. The van der Waals surface area contributed by atoms with E-state index in [1.165, 1.54) is 0 Å². The fourth-order valence-electron chi connectivity index (χ4n) is 2.03. The van der Waals surface area contributed by atoms with Gasteiger partial charge in [0.1, 0.15) is 11.8 Å². The highest BCUT2D eigenvalue weighted by Crippen LogP contribution is 2.35. The van der Waals surface area contributed by atoms with Crippen molar-refractivity contribution in [1.82, 2.24) is 5.32 Å². The average Bonchev–Trinajstić information content (AvgIpc) is 2.36. The smallest absolute Gasteiger partial charge is 0.131 e. The van der Waals surface area contributed by atoms with Crippen LogP contribution in [-0.4, -0.2) is 31.5 Å². The zero-order valence-electron chi connectivity index (χ0n) is 6.61. The molecule has 2 aliphatic rings. The van der Waals surface area contributed by atoms with Crippen LogP contribution < -0.4 is 5.32 Å². The SMILES string of the molecule is FC1CCOC12CCNCC2. The van der Waals surface area contributed by atoms with Gasteiger partial charge >= 0.3 is 0 Å². The molecule has 0 saturated carbocycles. The van der Waals surface area contributed by atoms with Gasteiger partial charge in [-0.05, 0) is 25.9 Å². The van der Waals surface area contributed by atoms with Gasteiger partial charge in [-0.3, -0.25) is 0 Å². The average molecular weight is 159 g/mol. The first-order chi connectivity index (χ1) is 5.33. The summed E-state index contributed by atoms with van der Waals surface area (Å²) in [7, 11) is 0. The molecule has 2 nitrogen and oxygen atoms in total. The first kappa shape index (κ1) is 7.50. The number of nitrogens with one attached hydrogen (secondary N) is 1. The lowest BCUT2D eigenvalue weighted by Gasteiger charge is -2.34. The summed E-state index contributed by atoms with van der Waals surface area (Å²) in [4.78, 5) is 0. The number of piperidine rings is 1. The summed E-state index contributed by atoms with van der Waals surface area (Å²) in [6.45, 7) is 2.42. The lowest BCUT2D eigenvalue weighted by atomic mass is 9.88. The predicted octanol–water partition coefficient (Wildman–Crippen LogP) is 0.867. The van der Waals surface area contributed by atoms with Crippen LogP contribution in [-0.2, 0) is 4.74 Å². The minimum atomic E-state index is -0.718. The molecular weight excluding hydrogens is 145 g/mol. The highest BCUT2D eigenvalue weighted by atomic mass is 19.1. The fraction of sp³-hybridized carbons (Fsp3) is 1.00. The topological polar surface area (TPSA) is 21.3 Å². The maximum absolute atomic E-state index is 13.3. The summed E-state index contributed by atoms with van der Waals surface area (Å²) in [6.07, 6.45) is 1.56. The van der Waals surface area contributed by atoms with E-state index in [9.17, 15) is 4.39 Å². The second kappa shape index (κ2) is 2.72. The van der Waals surface area contributed by atoms with Gasteiger partial charge in [0.05, 0.1) is 6.61 Å². The largest absolute Gasteiger partial charge is 0.372 e. The van der Waals surface area contributed by atoms with E-state index < -0.39 is 11.8 Å². The lowest BCUT2D eigenvalue weighted by Crippen LogP contribution is -2.46. The van der Waals surface area contributed by atoms with Crippen molar-refractivity contribution >= 4 is 0 Å². The molecule has 2 fully saturated rings. The van der Waals surface area contributed by atoms with Gasteiger partial charge in [0.15, 0.2) is 0 Å². The third-order valence-electron chi connectivity index (χ3n) is 2.78. The molecule has 0 bridgehead atoms. The van der Waals surface area contributed by atoms with Crippen LogP contribution in [0.1, 0.15) is 19.3 Å². The van der Waals surface area contributed by atoms with Crippen molar-refractivity contribution in [3.8, 4) is 0 Å². The van der Waals surface area contributed by atoms with Gasteiger partial charge in [-0.15, -0.1) is 0 Å². The van der Waals surface area contributed by atoms with E-state index in [0.29, 0.717) is 13.0 Å². The Labute approximate surface area is 66.1 Å². The highest BCUT2D eigenvalue weighted by Gasteiger charge is 2.45. The molecular formula is C8H14FNO. The molecule has 1 spiro atoms. The van der Waals surface area contributed by atoms with Crippen molar-refractivity contribution in [1.29, 1.82) is 0 Å². The van der Waals surface area contributed by atoms with Crippen LogP contribution in [0.5, 0.6) is 0 Å². The van der Waals surface area contributed by atoms with E-state index >= 15 is 0 Å². The molecule has 1 unspecified atom stereocenters. The van der Waals surface area contributed by atoms with E-state index in [2.05, 4.69) is 5.32 Å². The van der Waals surface area contributed by atoms with Crippen molar-refractivity contribution < 1.29 is 9.13 Å². The number of hydrogen-bond donors (Lipinski definition) is 1. The van der Waals surface area contributed by atoms with Crippen LogP contribution in [0.15, 0.2) is 0 Å². The van der Waals surface area contributed by atoms with Crippen LogP contribution >= 0.6 is 0 Å². The second-order valence-electron chi connectivity index (χ2n) is 3.42. The van der Waals surface area contributed by atoms with Crippen molar-refractivity contribution in [3.05, 3.63) is 0 Å². The summed E-state index contributed by atoms with van der Waals surface area (Å²) in [5, 5.41) is 3.21. The zero-order valence-corrected chi connectivity index (χ0v) is 6.61. The summed E-state index contributed by atoms with van der Waals surface area (Å²) in [6, 6.07) is 0. The van der Waals surface area contributed by atoms with Gasteiger partial charge in [-0.25, -0.2) is 4.39 Å². The Morgan fingerprint density at radius 3 is 2.64 bits per heavy atom. The first-order valence-corrected chi connectivity index (χ1v) is 4.32. The number of rotatable bonds is 0. The van der Waals surface area contributed by atoms with Gasteiger partial charge < -0.3 is 10.1 Å². The zero-order chi connectivity index (χ0) is 7.73. The fourth-order valence-corrected chi connectivity index (χ4v) is 2.03. The molecule has 0 radical (unpaired) electrons. The lowest BCUT2D eigenvalue weighted by molar-refractivity contribution is -0.0526. The molecule has 0 aromatic rings. The third-order valence-corrected chi connectivity index (χ3v) is 2.78. The molecule has 2 aliphatic heterocycles. The molecule has 2 saturated heterocycles. The number of ether oxygens (including phenoxy) is 1. The molecule has 64 valence electrons. The summed E-state index contributed by atoms with van der Waals surface area (Å²) >= 11 is 0. The Morgan fingerprint density at radius 1 is 1.36 bits per heavy atom.